The van der Waals surface area contributed by atoms with Gasteiger partial charge in [0.15, 0.2) is 5.11 Å². The van der Waals surface area contributed by atoms with Crippen molar-refractivity contribution in [3.63, 3.8) is 0 Å². The van der Waals surface area contributed by atoms with E-state index < -0.39 is 5.97 Å². The van der Waals surface area contributed by atoms with Gasteiger partial charge in [0.1, 0.15) is 23.7 Å². The van der Waals surface area contributed by atoms with Crippen LogP contribution >= 0.6 is 12.2 Å². The van der Waals surface area contributed by atoms with Crippen molar-refractivity contribution < 1.29 is 18.7 Å². The fraction of sp³-hybridized carbons (Fsp3) is 0.300. The van der Waals surface area contributed by atoms with Gasteiger partial charge in [0, 0.05) is 0 Å². The van der Waals surface area contributed by atoms with Crippen molar-refractivity contribution >= 4 is 23.3 Å². The van der Waals surface area contributed by atoms with E-state index in [1.165, 1.54) is 13.2 Å². The zero-order chi connectivity index (χ0) is 19.2. The lowest BCUT2D eigenvalue weighted by Crippen LogP contribution is -2.38. The maximum absolute atomic E-state index is 13.8. The number of carbonyl (C=O) groups is 1. The van der Waals surface area contributed by atoms with Crippen molar-refractivity contribution in [3.8, 4) is 5.75 Å². The number of halogens is 1. The third-order valence-corrected chi connectivity index (χ3v) is 4.73. The maximum Gasteiger partial charge on any atom is 0.341 e. The Morgan fingerprint density at radius 2 is 2.07 bits per heavy atom. The number of esters is 1. The minimum Gasteiger partial charge on any atom is -0.496 e. The van der Waals surface area contributed by atoms with Crippen molar-refractivity contribution in [3.05, 3.63) is 65.0 Å². The number of fused-ring (bicyclic) bond motifs is 1. The number of carbonyl (C=O) groups excluding carboxylic acids is 1. The summed E-state index contributed by atoms with van der Waals surface area (Å²) in [5.74, 6) is -0.146. The molecule has 1 aliphatic carbocycles. The molecule has 2 N–H and O–H groups in total. The number of ether oxygens (including phenoxy) is 2. The normalized spacial score (nSPS) is 15.0. The molecule has 2 aromatic rings. The molecule has 0 bridgehead atoms. The smallest absolute Gasteiger partial charge is 0.341 e. The first-order valence-electron chi connectivity index (χ1n) is 8.72. The lowest BCUT2D eigenvalue weighted by molar-refractivity contribution is 0.0509. The van der Waals surface area contributed by atoms with Gasteiger partial charge in [0.25, 0.3) is 0 Å². The molecule has 0 heterocycles. The minimum atomic E-state index is -0.451. The monoisotopic (exact) mass is 388 g/mol. The van der Waals surface area contributed by atoms with E-state index in [1.54, 1.807) is 30.3 Å². The Morgan fingerprint density at radius 3 is 2.89 bits per heavy atom. The second-order valence-electron chi connectivity index (χ2n) is 6.14. The van der Waals surface area contributed by atoms with Gasteiger partial charge in [-0.1, -0.05) is 24.3 Å². The van der Waals surface area contributed by atoms with Crippen LogP contribution in [0.3, 0.4) is 0 Å². The summed E-state index contributed by atoms with van der Waals surface area (Å²) in [4.78, 5) is 12.1. The summed E-state index contributed by atoms with van der Waals surface area (Å²) in [6, 6.07) is 12.0. The summed E-state index contributed by atoms with van der Waals surface area (Å²) < 4.78 is 24.2. The highest BCUT2D eigenvalue weighted by Crippen LogP contribution is 2.32. The molecular formula is C20H21FN2O3S. The Morgan fingerprint density at radius 1 is 1.26 bits per heavy atom. The molecule has 0 saturated carbocycles. The Hall–Kier alpha value is -2.67. The molecule has 2 aromatic carbocycles. The molecule has 1 unspecified atom stereocenters. The van der Waals surface area contributed by atoms with Crippen LogP contribution in [0.15, 0.2) is 42.5 Å². The number of para-hydroxylation sites is 1. The number of methoxy groups -OCH3 is 1. The Kier molecular flexibility index (Phi) is 6.24. The topological polar surface area (TPSA) is 59.6 Å². The van der Waals surface area contributed by atoms with E-state index in [0.29, 0.717) is 29.4 Å². The molecule has 0 aliphatic heterocycles. The fourth-order valence-electron chi connectivity index (χ4n) is 3.17. The van der Waals surface area contributed by atoms with Crippen LogP contribution in [0.5, 0.6) is 5.75 Å². The lowest BCUT2D eigenvalue weighted by Gasteiger charge is -2.17. The third-order valence-electron chi connectivity index (χ3n) is 4.47. The highest BCUT2D eigenvalue weighted by molar-refractivity contribution is 7.80. The number of hydrogen-bond acceptors (Lipinski definition) is 4. The molecule has 5 nitrogen and oxygen atoms in total. The molecule has 1 aliphatic rings. The molecule has 0 saturated heterocycles. The first kappa shape index (κ1) is 19.1. The summed E-state index contributed by atoms with van der Waals surface area (Å²) in [6.45, 7) is 0.532. The molecule has 0 radical (unpaired) electrons. The Balaban J connectivity index is 1.43. The van der Waals surface area contributed by atoms with Gasteiger partial charge in [-0.05, 0) is 54.4 Å². The summed E-state index contributed by atoms with van der Waals surface area (Å²) in [7, 11) is 1.50. The van der Waals surface area contributed by atoms with Crippen LogP contribution in [-0.4, -0.2) is 31.3 Å². The second kappa shape index (κ2) is 8.81. The van der Waals surface area contributed by atoms with Crippen molar-refractivity contribution in [1.29, 1.82) is 0 Å². The van der Waals surface area contributed by atoms with Gasteiger partial charge in [-0.3, -0.25) is 0 Å². The zero-order valence-corrected chi connectivity index (χ0v) is 15.8. The maximum atomic E-state index is 13.8. The van der Waals surface area contributed by atoms with E-state index in [1.807, 2.05) is 6.07 Å². The molecule has 0 amide bonds. The zero-order valence-electron chi connectivity index (χ0n) is 15.0. The van der Waals surface area contributed by atoms with E-state index in [-0.39, 0.29) is 18.5 Å². The largest absolute Gasteiger partial charge is 0.496 e. The molecule has 0 spiro atoms. The van der Waals surface area contributed by atoms with E-state index in [4.69, 9.17) is 21.7 Å². The van der Waals surface area contributed by atoms with E-state index >= 15 is 0 Å². The first-order valence-corrected chi connectivity index (χ1v) is 9.12. The SMILES string of the molecule is COc1ccccc1C(=O)OCCNC(=S)NC1CCc2c(F)cccc21. The first-order chi connectivity index (χ1) is 13.1. The van der Waals surface area contributed by atoms with Crippen LogP contribution in [0.2, 0.25) is 0 Å². The van der Waals surface area contributed by atoms with Gasteiger partial charge in [-0.15, -0.1) is 0 Å². The van der Waals surface area contributed by atoms with Crippen molar-refractivity contribution in [2.24, 2.45) is 0 Å². The van der Waals surface area contributed by atoms with Crippen molar-refractivity contribution in [2.75, 3.05) is 20.3 Å². The quantitative estimate of drug-likeness (QED) is 0.450. The molecule has 142 valence electrons. The molecule has 7 heteroatoms. The molecule has 27 heavy (non-hydrogen) atoms. The van der Waals surface area contributed by atoms with Crippen LogP contribution < -0.4 is 15.4 Å². The van der Waals surface area contributed by atoms with Crippen LogP contribution in [0.4, 0.5) is 4.39 Å². The third kappa shape index (κ3) is 4.54. The highest BCUT2D eigenvalue weighted by Gasteiger charge is 2.25. The predicted molar refractivity (Wildman–Crippen MR) is 104 cm³/mol. The molecule has 0 aromatic heterocycles. The fourth-order valence-corrected chi connectivity index (χ4v) is 3.41. The van der Waals surface area contributed by atoms with Crippen LogP contribution in [-0.2, 0) is 11.2 Å². The number of hydrogen-bond donors (Lipinski definition) is 2. The average molecular weight is 388 g/mol. The summed E-state index contributed by atoms with van der Waals surface area (Å²) in [6.07, 6.45) is 1.49. The summed E-state index contributed by atoms with van der Waals surface area (Å²) in [5.41, 5.74) is 2.08. The van der Waals surface area contributed by atoms with E-state index in [2.05, 4.69) is 10.6 Å². The van der Waals surface area contributed by atoms with Crippen LogP contribution in [0, 0.1) is 5.82 Å². The standard InChI is InChI=1S/C20H21FN2O3S/c1-25-18-8-3-2-5-15(18)19(24)26-12-11-22-20(27)23-17-10-9-13-14(17)6-4-7-16(13)21/h2-8,17H,9-12H2,1H3,(H2,22,23,27). The number of rotatable bonds is 6. The Bertz CT molecular complexity index is 844. The predicted octanol–water partition coefficient (Wildman–Crippen LogP) is 3.14. The van der Waals surface area contributed by atoms with Crippen LogP contribution in [0.1, 0.15) is 33.9 Å². The molecule has 0 fully saturated rings. The van der Waals surface area contributed by atoms with Crippen molar-refractivity contribution in [1.82, 2.24) is 10.6 Å². The van der Waals surface area contributed by atoms with Crippen LogP contribution in [0.25, 0.3) is 0 Å². The number of thiocarbonyl (C=S) groups is 1. The van der Waals surface area contributed by atoms with E-state index in [0.717, 1.165) is 17.5 Å². The summed E-state index contributed by atoms with van der Waals surface area (Å²) >= 11 is 5.29. The molecule has 3 rings (SSSR count). The lowest BCUT2D eigenvalue weighted by atomic mass is 10.1. The van der Waals surface area contributed by atoms with Gasteiger partial charge in [-0.2, -0.15) is 0 Å². The van der Waals surface area contributed by atoms with Gasteiger partial charge in [0.2, 0.25) is 0 Å². The van der Waals surface area contributed by atoms with Gasteiger partial charge in [-0.25, -0.2) is 9.18 Å². The van der Waals surface area contributed by atoms with Crippen molar-refractivity contribution in [2.45, 2.75) is 18.9 Å². The van der Waals surface area contributed by atoms with Gasteiger partial charge < -0.3 is 20.1 Å². The van der Waals surface area contributed by atoms with Gasteiger partial charge >= 0.3 is 5.97 Å². The van der Waals surface area contributed by atoms with Gasteiger partial charge in [0.05, 0.1) is 19.7 Å². The van der Waals surface area contributed by atoms with E-state index in [9.17, 15) is 9.18 Å². The minimum absolute atomic E-state index is 0.00756. The number of benzene rings is 2. The number of nitrogens with one attached hydrogen (secondary N) is 2. The second-order valence-corrected chi connectivity index (χ2v) is 6.54. The average Bonchev–Trinajstić information content (AvgIpc) is 3.09. The molecular weight excluding hydrogens is 367 g/mol. The molecule has 1 atom stereocenters. The highest BCUT2D eigenvalue weighted by atomic mass is 32.1. The Labute approximate surface area is 162 Å². The summed E-state index contributed by atoms with van der Waals surface area (Å²) in [5, 5.41) is 6.65.